The van der Waals surface area contributed by atoms with E-state index in [0.29, 0.717) is 6.04 Å². The van der Waals surface area contributed by atoms with E-state index in [1.165, 1.54) is 51.2 Å². The van der Waals surface area contributed by atoms with Gasteiger partial charge in [-0.1, -0.05) is 29.8 Å². The fourth-order valence-corrected chi connectivity index (χ4v) is 4.19. The largest absolute Gasteiger partial charge is 0.381 e. The molecule has 2 heterocycles. The van der Waals surface area contributed by atoms with Gasteiger partial charge in [-0.2, -0.15) is 0 Å². The van der Waals surface area contributed by atoms with Gasteiger partial charge in [0.25, 0.3) is 0 Å². The van der Waals surface area contributed by atoms with E-state index in [2.05, 4.69) is 60.0 Å². The van der Waals surface area contributed by atoms with E-state index < -0.39 is 0 Å². The molecule has 1 fully saturated rings. The van der Waals surface area contributed by atoms with Crippen molar-refractivity contribution in [2.45, 2.75) is 32.4 Å². The topological polar surface area (TPSA) is 36.4 Å². The van der Waals surface area contributed by atoms with Crippen molar-refractivity contribution >= 4 is 17.5 Å². The number of allylic oxidation sites excluding steroid dienone is 1. The van der Waals surface area contributed by atoms with E-state index in [0.717, 1.165) is 26.1 Å². The van der Waals surface area contributed by atoms with Crippen LogP contribution < -0.4 is 10.6 Å². The van der Waals surface area contributed by atoms with E-state index in [1.807, 2.05) is 0 Å². The Kier molecular flexibility index (Phi) is 3.49. The summed E-state index contributed by atoms with van der Waals surface area (Å²) in [6.45, 7) is 5.14. The molecular weight excluding hydrogens is 306 g/mol. The average Bonchev–Trinajstić information content (AvgIpc) is 3.32. The third kappa shape index (κ3) is 2.69. The minimum absolute atomic E-state index is 0.540. The lowest BCUT2D eigenvalue weighted by molar-refractivity contribution is 0.793. The first kappa shape index (κ1) is 14.9. The maximum atomic E-state index is 4.87. The van der Waals surface area contributed by atoms with Gasteiger partial charge >= 0.3 is 0 Å². The Morgan fingerprint density at radius 3 is 2.96 bits per heavy atom. The van der Waals surface area contributed by atoms with E-state index in [-0.39, 0.29) is 0 Å². The number of fused-ring (bicyclic) bond motifs is 2. The molecule has 0 bridgehead atoms. The summed E-state index contributed by atoms with van der Waals surface area (Å²) < 4.78 is 0. The Hall–Kier alpha value is -2.39. The van der Waals surface area contributed by atoms with Gasteiger partial charge in [-0.15, -0.1) is 0 Å². The molecule has 0 spiro atoms. The quantitative estimate of drug-likeness (QED) is 0.900. The Bertz CT molecular complexity index is 901. The van der Waals surface area contributed by atoms with Crippen LogP contribution in [0.2, 0.25) is 0 Å². The molecule has 1 saturated heterocycles. The zero-order chi connectivity index (χ0) is 16.8. The maximum Gasteiger partial charge on any atom is 0.0690 e. The Morgan fingerprint density at radius 1 is 1.12 bits per heavy atom. The van der Waals surface area contributed by atoms with Gasteiger partial charge in [0.05, 0.1) is 12.3 Å². The second kappa shape index (κ2) is 5.85. The van der Waals surface area contributed by atoms with Crippen LogP contribution >= 0.6 is 0 Å². The molecule has 2 N–H and O–H groups in total. The summed E-state index contributed by atoms with van der Waals surface area (Å²) in [5.41, 5.74) is 10.5. The maximum absolute atomic E-state index is 4.87. The summed E-state index contributed by atoms with van der Waals surface area (Å²) in [6, 6.07) is 14.0. The van der Waals surface area contributed by atoms with Crippen molar-refractivity contribution in [2.75, 3.05) is 18.4 Å². The number of hydrogen-bond acceptors (Lipinski definition) is 3. The molecular formula is C22H23N3. The van der Waals surface area contributed by atoms with Gasteiger partial charge in [0.15, 0.2) is 0 Å². The fraction of sp³-hybridized carbons (Fsp3) is 0.318. The van der Waals surface area contributed by atoms with Crippen LogP contribution in [0.1, 0.15) is 34.2 Å². The van der Waals surface area contributed by atoms with Gasteiger partial charge in [0.2, 0.25) is 0 Å². The normalized spacial score (nSPS) is 20.9. The minimum atomic E-state index is 0.540. The summed E-state index contributed by atoms with van der Waals surface area (Å²) in [4.78, 5) is 4.87. The highest BCUT2D eigenvalue weighted by atomic mass is 15.0. The zero-order valence-corrected chi connectivity index (χ0v) is 14.6. The number of aliphatic imine (C=N–C) groups is 1. The number of anilines is 1. The Labute approximate surface area is 148 Å². The van der Waals surface area contributed by atoms with E-state index in [1.54, 1.807) is 0 Å². The lowest BCUT2D eigenvalue weighted by Crippen LogP contribution is -2.22. The van der Waals surface area contributed by atoms with Crippen LogP contribution in [0.15, 0.2) is 47.0 Å². The number of benzene rings is 2. The number of aryl methyl sites for hydroxylation is 1. The summed E-state index contributed by atoms with van der Waals surface area (Å²) in [7, 11) is 0. The van der Waals surface area contributed by atoms with Crippen LogP contribution in [-0.4, -0.2) is 24.8 Å². The van der Waals surface area contributed by atoms with Crippen molar-refractivity contribution in [2.24, 2.45) is 4.99 Å². The third-order valence-electron chi connectivity index (χ3n) is 5.52. The molecule has 2 aromatic carbocycles. The highest BCUT2D eigenvalue weighted by Crippen LogP contribution is 2.33. The molecule has 0 amide bonds. The van der Waals surface area contributed by atoms with Crippen LogP contribution in [0.3, 0.4) is 0 Å². The monoisotopic (exact) mass is 329 g/mol. The first-order valence-corrected chi connectivity index (χ1v) is 9.22. The minimum Gasteiger partial charge on any atom is -0.381 e. The van der Waals surface area contributed by atoms with Crippen molar-refractivity contribution < 1.29 is 0 Å². The molecule has 2 aliphatic heterocycles. The summed E-state index contributed by atoms with van der Waals surface area (Å²) in [6.07, 6.45) is 4.51. The molecule has 1 aliphatic carbocycles. The molecule has 126 valence electrons. The summed E-state index contributed by atoms with van der Waals surface area (Å²) in [5.74, 6) is 0. The van der Waals surface area contributed by atoms with E-state index in [9.17, 15) is 0 Å². The van der Waals surface area contributed by atoms with Gasteiger partial charge < -0.3 is 10.6 Å². The van der Waals surface area contributed by atoms with Crippen molar-refractivity contribution in [3.05, 3.63) is 69.8 Å². The molecule has 3 nitrogen and oxygen atoms in total. The zero-order valence-electron chi connectivity index (χ0n) is 14.6. The van der Waals surface area contributed by atoms with Crippen LogP contribution in [0.5, 0.6) is 0 Å². The predicted molar refractivity (Wildman–Crippen MR) is 104 cm³/mol. The molecule has 0 saturated carbocycles. The lowest BCUT2D eigenvalue weighted by atomic mass is 9.98. The molecule has 5 rings (SSSR count). The van der Waals surface area contributed by atoms with Crippen molar-refractivity contribution in [1.82, 2.24) is 5.32 Å². The Morgan fingerprint density at radius 2 is 2.08 bits per heavy atom. The summed E-state index contributed by atoms with van der Waals surface area (Å²) >= 11 is 0. The molecule has 1 atom stereocenters. The van der Waals surface area contributed by atoms with Crippen LogP contribution in [0.4, 0.5) is 5.69 Å². The molecule has 25 heavy (non-hydrogen) atoms. The van der Waals surface area contributed by atoms with Gasteiger partial charge in [-0.3, -0.25) is 4.99 Å². The molecule has 2 aromatic rings. The molecule has 3 aliphatic rings. The number of rotatable bonds is 3. The fourth-order valence-electron chi connectivity index (χ4n) is 4.19. The van der Waals surface area contributed by atoms with Crippen LogP contribution in [-0.2, 0) is 13.0 Å². The smallest absolute Gasteiger partial charge is 0.0690 e. The molecule has 1 unspecified atom stereocenters. The summed E-state index contributed by atoms with van der Waals surface area (Å²) in [5, 5.41) is 7.09. The van der Waals surface area contributed by atoms with Crippen molar-refractivity contribution in [1.29, 1.82) is 0 Å². The van der Waals surface area contributed by atoms with E-state index in [4.69, 9.17) is 4.99 Å². The number of nitrogens with one attached hydrogen (secondary N) is 2. The van der Waals surface area contributed by atoms with Crippen LogP contribution in [0, 0.1) is 6.92 Å². The SMILES string of the molecule is Cc1ccc2c(c1)CC(C1=NCc3ccc(NC4CCNC4)cc31)=C2. The first-order valence-electron chi connectivity index (χ1n) is 9.22. The molecule has 0 radical (unpaired) electrons. The van der Waals surface area contributed by atoms with Gasteiger partial charge in [0.1, 0.15) is 0 Å². The average molecular weight is 329 g/mol. The van der Waals surface area contributed by atoms with Gasteiger partial charge in [-0.25, -0.2) is 0 Å². The molecule has 3 heteroatoms. The van der Waals surface area contributed by atoms with Crippen molar-refractivity contribution in [3.63, 3.8) is 0 Å². The lowest BCUT2D eigenvalue weighted by Gasteiger charge is -2.14. The highest BCUT2D eigenvalue weighted by molar-refractivity contribution is 6.18. The van der Waals surface area contributed by atoms with Crippen molar-refractivity contribution in [3.8, 4) is 0 Å². The Balaban J connectivity index is 1.43. The van der Waals surface area contributed by atoms with Crippen LogP contribution in [0.25, 0.3) is 6.08 Å². The number of nitrogens with zero attached hydrogens (tertiary/aromatic N) is 1. The number of hydrogen-bond donors (Lipinski definition) is 2. The van der Waals surface area contributed by atoms with Gasteiger partial charge in [-0.05, 0) is 60.4 Å². The predicted octanol–water partition coefficient (Wildman–Crippen LogP) is 3.71. The third-order valence-corrected chi connectivity index (χ3v) is 5.52. The second-order valence-corrected chi connectivity index (χ2v) is 7.42. The highest BCUT2D eigenvalue weighted by Gasteiger charge is 2.24. The van der Waals surface area contributed by atoms with Gasteiger partial charge in [0, 0.05) is 30.3 Å². The first-order chi connectivity index (χ1) is 12.3. The standard InChI is InChI=1S/C22H23N3/c1-14-2-3-15-9-18(10-17(15)8-14)22-21-11-19(5-4-16(21)12-24-22)25-20-6-7-23-13-20/h2-5,8-9,11,20,23,25H,6-7,10,12-13H2,1H3. The second-order valence-electron chi connectivity index (χ2n) is 7.42. The van der Waals surface area contributed by atoms with E-state index >= 15 is 0 Å². The molecule has 0 aromatic heterocycles.